The minimum atomic E-state index is -3.12. The van der Waals surface area contributed by atoms with Crippen molar-refractivity contribution in [3.63, 3.8) is 0 Å². The van der Waals surface area contributed by atoms with E-state index in [2.05, 4.69) is 24.4 Å². The number of nitrogens with one attached hydrogen (secondary N) is 1. The third kappa shape index (κ3) is 3.84. The van der Waals surface area contributed by atoms with Crippen molar-refractivity contribution in [3.05, 3.63) is 59.7 Å². The quantitative estimate of drug-likeness (QED) is 0.920. The maximum atomic E-state index is 11.4. The largest absolute Gasteiger partial charge is 0.385 e. The number of rotatable bonds is 5. The molecular formula is C16H19NO2S. The first-order chi connectivity index (χ1) is 9.47. The molecule has 0 aromatic heterocycles. The van der Waals surface area contributed by atoms with Gasteiger partial charge in [-0.25, -0.2) is 8.42 Å². The van der Waals surface area contributed by atoms with Crippen molar-refractivity contribution in [1.82, 2.24) is 0 Å². The number of aryl methyl sites for hydroxylation is 1. The molecular weight excluding hydrogens is 270 g/mol. The van der Waals surface area contributed by atoms with Crippen LogP contribution in [0.25, 0.3) is 0 Å². The highest BCUT2D eigenvalue weighted by molar-refractivity contribution is 7.90. The van der Waals surface area contributed by atoms with Crippen LogP contribution in [-0.2, 0) is 16.3 Å². The number of sulfone groups is 1. The first-order valence-electron chi connectivity index (χ1n) is 6.55. The normalized spacial score (nSPS) is 11.3. The minimum absolute atomic E-state index is 0.349. The van der Waals surface area contributed by atoms with Crippen molar-refractivity contribution in [3.8, 4) is 0 Å². The number of hydrogen-bond donors (Lipinski definition) is 1. The van der Waals surface area contributed by atoms with Gasteiger partial charge in [-0.15, -0.1) is 0 Å². The lowest BCUT2D eigenvalue weighted by atomic mass is 10.1. The maximum absolute atomic E-state index is 11.4. The van der Waals surface area contributed by atoms with E-state index in [-0.39, 0.29) is 0 Å². The van der Waals surface area contributed by atoms with E-state index < -0.39 is 9.84 Å². The van der Waals surface area contributed by atoms with E-state index in [0.717, 1.165) is 18.7 Å². The van der Waals surface area contributed by atoms with Crippen molar-refractivity contribution in [1.29, 1.82) is 0 Å². The number of anilines is 1. The van der Waals surface area contributed by atoms with Crippen molar-refractivity contribution in [2.45, 2.75) is 18.2 Å². The molecule has 0 saturated carbocycles. The Balaban J connectivity index is 1.94. The van der Waals surface area contributed by atoms with Crippen LogP contribution < -0.4 is 5.32 Å². The maximum Gasteiger partial charge on any atom is 0.175 e. The van der Waals surface area contributed by atoms with Crippen LogP contribution in [0, 0.1) is 6.92 Å². The van der Waals surface area contributed by atoms with Gasteiger partial charge >= 0.3 is 0 Å². The summed E-state index contributed by atoms with van der Waals surface area (Å²) in [6, 6.07) is 15.2. The second kappa shape index (κ2) is 6.09. The zero-order valence-corrected chi connectivity index (χ0v) is 12.6. The molecule has 0 unspecified atom stereocenters. The lowest BCUT2D eigenvalue weighted by Gasteiger charge is -2.09. The molecule has 4 heteroatoms. The molecule has 0 fully saturated rings. The summed E-state index contributed by atoms with van der Waals surface area (Å²) in [5.74, 6) is 0. The molecule has 0 heterocycles. The third-order valence-corrected chi connectivity index (χ3v) is 4.40. The summed E-state index contributed by atoms with van der Waals surface area (Å²) >= 11 is 0. The summed E-state index contributed by atoms with van der Waals surface area (Å²) in [5, 5.41) is 3.30. The van der Waals surface area contributed by atoms with Gasteiger partial charge in [-0.2, -0.15) is 0 Å². The molecule has 0 atom stereocenters. The number of benzene rings is 2. The Bertz CT molecular complexity index is 676. The van der Waals surface area contributed by atoms with Gasteiger partial charge in [0.15, 0.2) is 9.84 Å². The topological polar surface area (TPSA) is 46.2 Å². The highest BCUT2D eigenvalue weighted by Crippen LogP contribution is 2.14. The highest BCUT2D eigenvalue weighted by Gasteiger charge is 2.05. The fourth-order valence-corrected chi connectivity index (χ4v) is 2.68. The molecule has 106 valence electrons. The molecule has 2 aromatic rings. The van der Waals surface area contributed by atoms with E-state index in [9.17, 15) is 8.42 Å². The van der Waals surface area contributed by atoms with Gasteiger partial charge in [0.2, 0.25) is 0 Å². The third-order valence-electron chi connectivity index (χ3n) is 3.27. The van der Waals surface area contributed by atoms with Gasteiger partial charge in [0.1, 0.15) is 0 Å². The summed E-state index contributed by atoms with van der Waals surface area (Å²) in [5.41, 5.74) is 3.56. The van der Waals surface area contributed by atoms with Gasteiger partial charge < -0.3 is 5.32 Å². The summed E-state index contributed by atoms with van der Waals surface area (Å²) in [4.78, 5) is 0.349. The molecule has 2 aromatic carbocycles. The molecule has 2 rings (SSSR count). The lowest BCUT2D eigenvalue weighted by molar-refractivity contribution is 0.602. The SMILES string of the molecule is Cc1ccccc1CCNc1ccc(S(C)(=O)=O)cc1. The zero-order valence-electron chi connectivity index (χ0n) is 11.8. The Morgan fingerprint density at radius 1 is 1.00 bits per heavy atom. The molecule has 0 aliphatic rings. The van der Waals surface area contributed by atoms with E-state index in [1.54, 1.807) is 24.3 Å². The highest BCUT2D eigenvalue weighted by atomic mass is 32.2. The molecule has 0 radical (unpaired) electrons. The monoisotopic (exact) mass is 289 g/mol. The lowest BCUT2D eigenvalue weighted by Crippen LogP contribution is -2.06. The van der Waals surface area contributed by atoms with Crippen molar-refractivity contribution < 1.29 is 8.42 Å². The Labute approximate surface area is 120 Å². The van der Waals surface area contributed by atoms with E-state index in [0.29, 0.717) is 4.90 Å². The minimum Gasteiger partial charge on any atom is -0.385 e. The molecule has 0 spiro atoms. The molecule has 0 amide bonds. The van der Waals surface area contributed by atoms with E-state index >= 15 is 0 Å². The van der Waals surface area contributed by atoms with Crippen LogP contribution in [0.3, 0.4) is 0 Å². The zero-order chi connectivity index (χ0) is 14.6. The van der Waals surface area contributed by atoms with Crippen LogP contribution >= 0.6 is 0 Å². The van der Waals surface area contributed by atoms with Crippen LogP contribution in [0.5, 0.6) is 0 Å². The van der Waals surface area contributed by atoms with Crippen LogP contribution in [0.15, 0.2) is 53.4 Å². The Hall–Kier alpha value is -1.81. The fraction of sp³-hybridized carbons (Fsp3) is 0.250. The Morgan fingerprint density at radius 2 is 1.65 bits per heavy atom. The van der Waals surface area contributed by atoms with Crippen molar-refractivity contribution in [2.24, 2.45) is 0 Å². The Kier molecular flexibility index (Phi) is 4.45. The number of hydrogen-bond acceptors (Lipinski definition) is 3. The van der Waals surface area contributed by atoms with Crippen LogP contribution in [0.2, 0.25) is 0 Å². The van der Waals surface area contributed by atoms with Gasteiger partial charge in [-0.05, 0) is 48.7 Å². The predicted octanol–water partition coefficient (Wildman–Crippen LogP) is 3.05. The fourth-order valence-electron chi connectivity index (χ4n) is 2.05. The summed E-state index contributed by atoms with van der Waals surface area (Å²) in [7, 11) is -3.12. The van der Waals surface area contributed by atoms with Gasteiger partial charge in [-0.1, -0.05) is 24.3 Å². The van der Waals surface area contributed by atoms with Crippen LogP contribution in [0.4, 0.5) is 5.69 Å². The van der Waals surface area contributed by atoms with Gasteiger partial charge in [0, 0.05) is 18.5 Å². The molecule has 3 nitrogen and oxygen atoms in total. The molecule has 20 heavy (non-hydrogen) atoms. The molecule has 0 saturated heterocycles. The second-order valence-corrected chi connectivity index (χ2v) is 6.92. The summed E-state index contributed by atoms with van der Waals surface area (Å²) < 4.78 is 22.7. The average molecular weight is 289 g/mol. The summed E-state index contributed by atoms with van der Waals surface area (Å²) in [6.45, 7) is 2.93. The second-order valence-electron chi connectivity index (χ2n) is 4.90. The predicted molar refractivity (Wildman–Crippen MR) is 82.9 cm³/mol. The van der Waals surface area contributed by atoms with E-state index in [1.165, 1.54) is 17.4 Å². The van der Waals surface area contributed by atoms with Gasteiger partial charge in [0.25, 0.3) is 0 Å². The molecule has 0 aliphatic heterocycles. The van der Waals surface area contributed by atoms with E-state index in [4.69, 9.17) is 0 Å². The van der Waals surface area contributed by atoms with Crippen molar-refractivity contribution >= 4 is 15.5 Å². The molecule has 0 aliphatic carbocycles. The first-order valence-corrected chi connectivity index (χ1v) is 8.44. The smallest absolute Gasteiger partial charge is 0.175 e. The van der Waals surface area contributed by atoms with Crippen LogP contribution in [-0.4, -0.2) is 21.2 Å². The summed E-state index contributed by atoms with van der Waals surface area (Å²) in [6.07, 6.45) is 2.16. The average Bonchev–Trinajstić information content (AvgIpc) is 2.40. The van der Waals surface area contributed by atoms with Crippen LogP contribution in [0.1, 0.15) is 11.1 Å². The first kappa shape index (κ1) is 14.6. The molecule has 0 bridgehead atoms. The van der Waals surface area contributed by atoms with Gasteiger partial charge in [0.05, 0.1) is 4.90 Å². The van der Waals surface area contributed by atoms with E-state index in [1.807, 2.05) is 12.1 Å². The molecule has 1 N–H and O–H groups in total. The van der Waals surface area contributed by atoms with Crippen molar-refractivity contribution in [2.75, 3.05) is 18.1 Å². The standard InChI is InChI=1S/C16H19NO2S/c1-13-5-3-4-6-14(13)11-12-17-15-7-9-16(10-8-15)20(2,18)19/h3-10,17H,11-12H2,1-2H3. The Morgan fingerprint density at radius 3 is 2.25 bits per heavy atom. The van der Waals surface area contributed by atoms with Gasteiger partial charge in [-0.3, -0.25) is 0 Å².